The van der Waals surface area contributed by atoms with E-state index in [9.17, 15) is 0 Å². The van der Waals surface area contributed by atoms with E-state index >= 15 is 0 Å². The molecule has 3 heterocycles. The minimum Gasteiger partial charge on any atom is -0.385 e. The van der Waals surface area contributed by atoms with E-state index in [0.29, 0.717) is 5.02 Å². The van der Waals surface area contributed by atoms with Crippen LogP contribution in [0.4, 0.5) is 5.69 Å². The lowest BCUT2D eigenvalue weighted by Crippen LogP contribution is -2.05. The molecule has 5 rings (SSSR count). The van der Waals surface area contributed by atoms with Gasteiger partial charge >= 0.3 is 0 Å². The van der Waals surface area contributed by atoms with Crippen LogP contribution >= 0.6 is 11.6 Å². The number of hydrogen-bond acceptors (Lipinski definition) is 4. The number of benzene rings is 2. The third-order valence-corrected chi connectivity index (χ3v) is 4.90. The molecule has 6 nitrogen and oxygen atoms in total. The molecule has 0 aliphatic heterocycles. The average Bonchev–Trinajstić information content (AvgIpc) is 3.31. The number of aromatic nitrogens is 5. The number of imidazole rings is 1. The van der Waals surface area contributed by atoms with Crippen LogP contribution in [0, 0.1) is 0 Å². The fourth-order valence-corrected chi connectivity index (χ4v) is 3.46. The molecular formula is C21H17ClN6. The minimum atomic E-state index is 0.675. The summed E-state index contributed by atoms with van der Waals surface area (Å²) in [6.45, 7) is 0.814. The Morgan fingerprint density at radius 3 is 2.86 bits per heavy atom. The second-order valence-electron chi connectivity index (χ2n) is 6.58. The highest BCUT2D eigenvalue weighted by Crippen LogP contribution is 2.28. The first kappa shape index (κ1) is 16.8. The average molecular weight is 389 g/mol. The number of anilines is 1. The number of fused-ring (bicyclic) bond motifs is 2. The van der Waals surface area contributed by atoms with E-state index in [0.717, 1.165) is 57.8 Å². The molecule has 0 fully saturated rings. The van der Waals surface area contributed by atoms with E-state index in [4.69, 9.17) is 11.6 Å². The van der Waals surface area contributed by atoms with E-state index in [-0.39, 0.29) is 0 Å². The number of nitrogens with zero attached hydrogens (tertiary/aromatic N) is 3. The van der Waals surface area contributed by atoms with Crippen LogP contribution in [0.2, 0.25) is 5.02 Å². The topological polar surface area (TPSA) is 82.3 Å². The predicted octanol–water partition coefficient (Wildman–Crippen LogP) is 4.81. The van der Waals surface area contributed by atoms with Crippen molar-refractivity contribution in [3.05, 3.63) is 71.5 Å². The molecular weight excluding hydrogens is 372 g/mol. The largest absolute Gasteiger partial charge is 0.385 e. The van der Waals surface area contributed by atoms with Gasteiger partial charge in [0.15, 0.2) is 5.82 Å². The number of nitrogens with one attached hydrogen (secondary N) is 3. The molecule has 2 aromatic carbocycles. The van der Waals surface area contributed by atoms with Crippen molar-refractivity contribution in [2.24, 2.45) is 0 Å². The van der Waals surface area contributed by atoms with Gasteiger partial charge in [-0.2, -0.15) is 5.10 Å². The minimum absolute atomic E-state index is 0.675. The molecule has 0 radical (unpaired) electrons. The van der Waals surface area contributed by atoms with Crippen LogP contribution < -0.4 is 5.32 Å². The number of rotatable bonds is 5. The number of halogens is 1. The normalized spacial score (nSPS) is 11.3. The van der Waals surface area contributed by atoms with Crippen molar-refractivity contribution in [2.45, 2.75) is 6.42 Å². The monoisotopic (exact) mass is 388 g/mol. The summed E-state index contributed by atoms with van der Waals surface area (Å²) in [5.41, 5.74) is 5.65. The van der Waals surface area contributed by atoms with Gasteiger partial charge in [0.25, 0.3) is 0 Å². The molecule has 0 unspecified atom stereocenters. The van der Waals surface area contributed by atoms with E-state index in [1.54, 1.807) is 0 Å². The first-order valence-electron chi connectivity index (χ1n) is 9.04. The smallest absolute Gasteiger partial charge is 0.159 e. The molecule has 5 aromatic rings. The van der Waals surface area contributed by atoms with Crippen LogP contribution in [0.5, 0.6) is 0 Å². The van der Waals surface area contributed by atoms with Crippen molar-refractivity contribution in [1.29, 1.82) is 0 Å². The van der Waals surface area contributed by atoms with Gasteiger partial charge in [0.1, 0.15) is 5.69 Å². The van der Waals surface area contributed by atoms with Gasteiger partial charge in [0.05, 0.1) is 16.6 Å². The lowest BCUT2D eigenvalue weighted by atomic mass is 10.2. The molecule has 0 saturated carbocycles. The van der Waals surface area contributed by atoms with Crippen LogP contribution in [-0.4, -0.2) is 31.7 Å². The van der Waals surface area contributed by atoms with Gasteiger partial charge in [-0.05, 0) is 48.5 Å². The summed E-state index contributed by atoms with van der Waals surface area (Å²) < 4.78 is 0. The van der Waals surface area contributed by atoms with Crippen molar-refractivity contribution < 1.29 is 0 Å². The van der Waals surface area contributed by atoms with E-state index in [1.165, 1.54) is 0 Å². The van der Waals surface area contributed by atoms with Gasteiger partial charge in [-0.1, -0.05) is 17.7 Å². The lowest BCUT2D eigenvalue weighted by molar-refractivity contribution is 0.962. The maximum Gasteiger partial charge on any atom is 0.159 e. The number of aromatic amines is 2. The molecule has 7 heteroatoms. The fraction of sp³-hybridized carbons (Fsp3) is 0.0952. The second kappa shape index (κ2) is 6.98. The summed E-state index contributed by atoms with van der Waals surface area (Å²) in [4.78, 5) is 12.4. The summed E-state index contributed by atoms with van der Waals surface area (Å²) in [6.07, 6.45) is 2.69. The van der Waals surface area contributed by atoms with Gasteiger partial charge in [0, 0.05) is 41.0 Å². The van der Waals surface area contributed by atoms with Crippen molar-refractivity contribution in [3.8, 4) is 11.5 Å². The quantitative estimate of drug-likeness (QED) is 0.403. The highest BCUT2D eigenvalue weighted by Gasteiger charge is 2.13. The lowest BCUT2D eigenvalue weighted by Gasteiger charge is -2.05. The fourth-order valence-electron chi connectivity index (χ4n) is 3.28. The zero-order chi connectivity index (χ0) is 18.9. The Balaban J connectivity index is 1.39. The molecule has 0 amide bonds. The summed E-state index contributed by atoms with van der Waals surface area (Å²) in [5, 5.41) is 12.5. The Morgan fingerprint density at radius 1 is 1.00 bits per heavy atom. The van der Waals surface area contributed by atoms with Crippen LogP contribution in [0.25, 0.3) is 33.5 Å². The SMILES string of the molecule is Clc1ccc2c(-c3nc4ccc(NCCc5ccccn5)cc4[nH]3)n[nH]c2c1. The maximum absolute atomic E-state index is 6.05. The van der Waals surface area contributed by atoms with Crippen molar-refractivity contribution in [1.82, 2.24) is 25.1 Å². The number of pyridine rings is 1. The summed E-state index contributed by atoms with van der Waals surface area (Å²) in [5.74, 6) is 0.731. The third-order valence-electron chi connectivity index (χ3n) is 4.67. The predicted molar refractivity (Wildman–Crippen MR) is 113 cm³/mol. The van der Waals surface area contributed by atoms with Crippen LogP contribution in [0.1, 0.15) is 5.69 Å². The van der Waals surface area contributed by atoms with E-state index < -0.39 is 0 Å². The van der Waals surface area contributed by atoms with Crippen molar-refractivity contribution in [2.75, 3.05) is 11.9 Å². The summed E-state index contributed by atoms with van der Waals surface area (Å²) in [6, 6.07) is 17.7. The Bertz CT molecular complexity index is 1260. The molecule has 0 aliphatic rings. The Hall–Kier alpha value is -3.38. The van der Waals surface area contributed by atoms with Crippen LogP contribution in [0.15, 0.2) is 60.8 Å². The van der Waals surface area contributed by atoms with Gasteiger partial charge < -0.3 is 10.3 Å². The molecule has 0 bridgehead atoms. The second-order valence-corrected chi connectivity index (χ2v) is 7.01. The molecule has 0 spiro atoms. The summed E-state index contributed by atoms with van der Waals surface area (Å²) >= 11 is 6.05. The zero-order valence-electron chi connectivity index (χ0n) is 14.9. The van der Waals surface area contributed by atoms with Gasteiger partial charge in [-0.25, -0.2) is 4.98 Å². The third kappa shape index (κ3) is 3.18. The first-order chi connectivity index (χ1) is 13.8. The Kier molecular flexibility index (Phi) is 4.18. The first-order valence-corrected chi connectivity index (χ1v) is 9.42. The Morgan fingerprint density at radius 2 is 1.96 bits per heavy atom. The molecule has 3 N–H and O–H groups in total. The standard InChI is InChI=1S/C21H17ClN6/c22-13-4-6-16-18(11-13)27-28-20(16)21-25-17-7-5-15(12-19(17)26-21)24-10-8-14-3-1-2-9-23-14/h1-7,9,11-12,24H,8,10H2,(H,25,26)(H,27,28). The molecule has 138 valence electrons. The highest BCUT2D eigenvalue weighted by atomic mass is 35.5. The van der Waals surface area contributed by atoms with Crippen LogP contribution in [-0.2, 0) is 6.42 Å². The number of H-pyrrole nitrogens is 2. The van der Waals surface area contributed by atoms with E-state index in [2.05, 4.69) is 36.5 Å². The van der Waals surface area contributed by atoms with Crippen LogP contribution in [0.3, 0.4) is 0 Å². The zero-order valence-corrected chi connectivity index (χ0v) is 15.7. The molecule has 28 heavy (non-hydrogen) atoms. The molecule has 0 saturated heterocycles. The molecule has 0 aliphatic carbocycles. The molecule has 3 aromatic heterocycles. The summed E-state index contributed by atoms with van der Waals surface area (Å²) in [7, 11) is 0. The molecule has 0 atom stereocenters. The van der Waals surface area contributed by atoms with Crippen molar-refractivity contribution >= 4 is 39.2 Å². The number of hydrogen-bond donors (Lipinski definition) is 3. The van der Waals surface area contributed by atoms with Gasteiger partial charge in [-0.15, -0.1) is 0 Å². The van der Waals surface area contributed by atoms with Crippen molar-refractivity contribution in [3.63, 3.8) is 0 Å². The highest BCUT2D eigenvalue weighted by molar-refractivity contribution is 6.31. The maximum atomic E-state index is 6.05. The van der Waals surface area contributed by atoms with E-state index in [1.807, 2.05) is 54.7 Å². The van der Waals surface area contributed by atoms with Gasteiger partial charge in [-0.3, -0.25) is 10.1 Å². The van der Waals surface area contributed by atoms with Gasteiger partial charge in [0.2, 0.25) is 0 Å². The Labute approximate surface area is 166 Å².